The number of nitrogens with one attached hydrogen (secondary N) is 1. The van der Waals surface area contributed by atoms with Gasteiger partial charge in [-0.1, -0.05) is 0 Å². The summed E-state index contributed by atoms with van der Waals surface area (Å²) in [5.41, 5.74) is 5.52. The lowest BCUT2D eigenvalue weighted by Crippen LogP contribution is -2.28. The first-order chi connectivity index (χ1) is 8.00. The van der Waals surface area contributed by atoms with E-state index in [-0.39, 0.29) is 29.1 Å². The zero-order valence-corrected chi connectivity index (χ0v) is 11.3. The first-order valence-electron chi connectivity index (χ1n) is 5.06. The van der Waals surface area contributed by atoms with Crippen molar-refractivity contribution in [3.05, 3.63) is 16.3 Å². The average molecular weight is 301 g/mol. The summed E-state index contributed by atoms with van der Waals surface area (Å²) in [5, 5.41) is 4.12. The standard InChI is InChI=1S/C10H14F2N2O2S.ClH/c1-6(13)2-4-14-9(15)8-7(3-5-17-8)16-10(11)12;/h3,5-6,10H,2,4,13H2,1H3,(H,14,15);1H. The minimum atomic E-state index is -2.93. The van der Waals surface area contributed by atoms with Crippen LogP contribution in [0.5, 0.6) is 5.75 Å². The van der Waals surface area contributed by atoms with E-state index in [0.717, 1.165) is 11.3 Å². The van der Waals surface area contributed by atoms with Gasteiger partial charge in [-0.05, 0) is 24.8 Å². The van der Waals surface area contributed by atoms with Gasteiger partial charge in [0, 0.05) is 12.6 Å². The van der Waals surface area contributed by atoms with E-state index in [4.69, 9.17) is 5.73 Å². The first kappa shape index (κ1) is 17.1. The fourth-order valence-electron chi connectivity index (χ4n) is 1.15. The maximum absolute atomic E-state index is 12.0. The second-order valence-electron chi connectivity index (χ2n) is 3.51. The molecule has 18 heavy (non-hydrogen) atoms. The Bertz CT molecular complexity index is 375. The van der Waals surface area contributed by atoms with Crippen molar-refractivity contribution in [3.63, 3.8) is 0 Å². The van der Waals surface area contributed by atoms with Gasteiger partial charge in [-0.2, -0.15) is 8.78 Å². The molecule has 1 atom stereocenters. The van der Waals surface area contributed by atoms with E-state index in [2.05, 4.69) is 10.1 Å². The molecule has 0 bridgehead atoms. The Kier molecular flexibility index (Phi) is 7.81. The first-order valence-corrected chi connectivity index (χ1v) is 5.94. The average Bonchev–Trinajstić information content (AvgIpc) is 2.64. The topological polar surface area (TPSA) is 64.3 Å². The Morgan fingerprint density at radius 2 is 2.28 bits per heavy atom. The van der Waals surface area contributed by atoms with E-state index >= 15 is 0 Å². The Morgan fingerprint density at radius 3 is 2.83 bits per heavy atom. The van der Waals surface area contributed by atoms with Gasteiger partial charge in [0.25, 0.3) is 5.91 Å². The molecule has 0 aromatic carbocycles. The van der Waals surface area contributed by atoms with Crippen molar-refractivity contribution in [2.24, 2.45) is 5.73 Å². The Hall–Kier alpha value is -0.920. The molecule has 8 heteroatoms. The molecule has 0 saturated carbocycles. The van der Waals surface area contributed by atoms with Gasteiger partial charge in [0.05, 0.1) is 0 Å². The van der Waals surface area contributed by atoms with Crippen molar-refractivity contribution in [2.75, 3.05) is 6.54 Å². The third-order valence-corrected chi connectivity index (χ3v) is 2.83. The number of thiophene rings is 1. The summed E-state index contributed by atoms with van der Waals surface area (Å²) in [5.74, 6) is -0.514. The Labute approximate surface area is 114 Å². The molecule has 0 spiro atoms. The number of carbonyl (C=O) groups excluding carboxylic acids is 1. The van der Waals surface area contributed by atoms with Crippen LogP contribution in [0.2, 0.25) is 0 Å². The molecule has 0 aliphatic rings. The van der Waals surface area contributed by atoms with Crippen molar-refractivity contribution in [3.8, 4) is 5.75 Å². The second-order valence-corrected chi connectivity index (χ2v) is 4.43. The second kappa shape index (κ2) is 8.23. The largest absolute Gasteiger partial charge is 0.433 e. The molecule has 104 valence electrons. The van der Waals surface area contributed by atoms with Crippen LogP contribution >= 0.6 is 23.7 Å². The molecule has 1 unspecified atom stereocenters. The van der Waals surface area contributed by atoms with E-state index < -0.39 is 12.5 Å². The van der Waals surface area contributed by atoms with Crippen LogP contribution in [-0.2, 0) is 0 Å². The third kappa shape index (κ3) is 5.61. The lowest BCUT2D eigenvalue weighted by Gasteiger charge is -2.08. The van der Waals surface area contributed by atoms with Gasteiger partial charge < -0.3 is 15.8 Å². The van der Waals surface area contributed by atoms with Crippen LogP contribution in [0.3, 0.4) is 0 Å². The highest BCUT2D eigenvalue weighted by Crippen LogP contribution is 2.26. The van der Waals surface area contributed by atoms with Gasteiger partial charge in [-0.25, -0.2) is 0 Å². The lowest BCUT2D eigenvalue weighted by atomic mass is 10.2. The third-order valence-electron chi connectivity index (χ3n) is 1.94. The molecule has 1 rings (SSSR count). The van der Waals surface area contributed by atoms with Crippen LogP contribution in [0.4, 0.5) is 8.78 Å². The minimum Gasteiger partial charge on any atom is -0.433 e. The van der Waals surface area contributed by atoms with Gasteiger partial charge in [-0.15, -0.1) is 23.7 Å². The summed E-state index contributed by atoms with van der Waals surface area (Å²) >= 11 is 1.06. The van der Waals surface area contributed by atoms with Crippen molar-refractivity contribution in [2.45, 2.75) is 26.0 Å². The molecule has 0 aliphatic heterocycles. The number of alkyl halides is 2. The van der Waals surface area contributed by atoms with Crippen molar-refractivity contribution < 1.29 is 18.3 Å². The zero-order valence-electron chi connectivity index (χ0n) is 9.69. The number of hydrogen-bond donors (Lipinski definition) is 2. The quantitative estimate of drug-likeness (QED) is 0.847. The normalized spacial score (nSPS) is 11.8. The summed E-state index contributed by atoms with van der Waals surface area (Å²) in [6, 6.07) is 1.33. The molecule has 1 amide bonds. The number of ether oxygens (including phenoxy) is 1. The number of nitrogens with two attached hydrogens (primary N) is 1. The molecular weight excluding hydrogens is 286 g/mol. The van der Waals surface area contributed by atoms with Crippen LogP contribution in [0.15, 0.2) is 11.4 Å². The van der Waals surface area contributed by atoms with Crippen LogP contribution in [0.25, 0.3) is 0 Å². The number of rotatable bonds is 6. The summed E-state index contributed by atoms with van der Waals surface area (Å²) in [6.45, 7) is -0.703. The van der Waals surface area contributed by atoms with Crippen LogP contribution in [0.1, 0.15) is 23.0 Å². The van der Waals surface area contributed by atoms with Gasteiger partial charge in [0.1, 0.15) is 10.6 Å². The molecule has 0 saturated heterocycles. The van der Waals surface area contributed by atoms with Crippen LogP contribution < -0.4 is 15.8 Å². The maximum Gasteiger partial charge on any atom is 0.387 e. The van der Waals surface area contributed by atoms with Crippen molar-refractivity contribution >= 4 is 29.7 Å². The molecule has 1 aromatic rings. The van der Waals surface area contributed by atoms with Gasteiger partial charge in [0.15, 0.2) is 0 Å². The number of hydrogen-bond acceptors (Lipinski definition) is 4. The fourth-order valence-corrected chi connectivity index (χ4v) is 1.88. The lowest BCUT2D eigenvalue weighted by molar-refractivity contribution is -0.0498. The van der Waals surface area contributed by atoms with E-state index in [1.807, 2.05) is 6.92 Å². The van der Waals surface area contributed by atoms with Gasteiger partial charge in [0.2, 0.25) is 0 Å². The minimum absolute atomic E-state index is 0. The summed E-state index contributed by atoms with van der Waals surface area (Å²) < 4.78 is 28.3. The van der Waals surface area contributed by atoms with Crippen LogP contribution in [-0.4, -0.2) is 25.1 Å². The number of amides is 1. The van der Waals surface area contributed by atoms with Gasteiger partial charge in [-0.3, -0.25) is 4.79 Å². The van der Waals surface area contributed by atoms with Crippen LogP contribution in [0, 0.1) is 0 Å². The SMILES string of the molecule is CC(N)CCNC(=O)c1sccc1OC(F)F.Cl. The molecule has 4 nitrogen and oxygen atoms in total. The molecule has 0 aliphatic carbocycles. The Balaban J connectivity index is 0.00000289. The predicted molar refractivity (Wildman–Crippen MR) is 68.8 cm³/mol. The Morgan fingerprint density at radius 1 is 1.61 bits per heavy atom. The summed E-state index contributed by atoms with van der Waals surface area (Å²) in [6.07, 6.45) is 0.627. The predicted octanol–water partition coefficient (Wildman–Crippen LogP) is 2.24. The van der Waals surface area contributed by atoms with Gasteiger partial charge >= 0.3 is 6.61 Å². The van der Waals surface area contributed by atoms with Crippen molar-refractivity contribution in [1.82, 2.24) is 5.32 Å². The van der Waals surface area contributed by atoms with E-state index in [1.165, 1.54) is 11.4 Å². The number of halogens is 3. The number of carbonyl (C=O) groups is 1. The molecule has 0 radical (unpaired) electrons. The highest BCUT2D eigenvalue weighted by Gasteiger charge is 2.16. The summed E-state index contributed by atoms with van der Waals surface area (Å²) in [7, 11) is 0. The highest BCUT2D eigenvalue weighted by molar-refractivity contribution is 7.12. The highest BCUT2D eigenvalue weighted by atomic mass is 35.5. The smallest absolute Gasteiger partial charge is 0.387 e. The van der Waals surface area contributed by atoms with E-state index in [0.29, 0.717) is 13.0 Å². The molecule has 0 fully saturated rings. The zero-order chi connectivity index (χ0) is 12.8. The fraction of sp³-hybridized carbons (Fsp3) is 0.500. The van der Waals surface area contributed by atoms with E-state index in [1.54, 1.807) is 0 Å². The molecule has 1 heterocycles. The maximum atomic E-state index is 12.0. The summed E-state index contributed by atoms with van der Waals surface area (Å²) in [4.78, 5) is 11.8. The monoisotopic (exact) mass is 300 g/mol. The molecular formula is C10H15ClF2N2O2S. The van der Waals surface area contributed by atoms with Crippen molar-refractivity contribution in [1.29, 1.82) is 0 Å². The van der Waals surface area contributed by atoms with E-state index in [9.17, 15) is 13.6 Å². The molecule has 1 aromatic heterocycles. The molecule has 3 N–H and O–H groups in total.